The summed E-state index contributed by atoms with van der Waals surface area (Å²) in [7, 11) is 0. The first kappa shape index (κ1) is 17.2. The molecule has 1 amide bonds. The number of carbonyl (C=O) groups excluding carboxylic acids is 1. The molecule has 0 saturated carbocycles. The second-order valence-corrected chi connectivity index (χ2v) is 6.56. The lowest BCUT2D eigenvalue weighted by atomic mass is 9.95. The van der Waals surface area contributed by atoms with E-state index in [-0.39, 0.29) is 11.8 Å². The van der Waals surface area contributed by atoms with Crippen LogP contribution in [0.4, 0.5) is 0 Å². The van der Waals surface area contributed by atoms with Gasteiger partial charge in [-0.2, -0.15) is 5.26 Å². The lowest BCUT2D eigenvalue weighted by Crippen LogP contribution is -2.40. The van der Waals surface area contributed by atoms with Gasteiger partial charge in [0.1, 0.15) is 0 Å². The molecule has 4 nitrogen and oxygen atoms in total. The van der Waals surface area contributed by atoms with Crippen LogP contribution in [0.2, 0.25) is 0 Å². The topological polar surface area (TPSA) is 56.1 Å². The van der Waals surface area contributed by atoms with Gasteiger partial charge in [0.2, 0.25) is 5.91 Å². The fraction of sp³-hybridized carbons (Fsp3) is 0.333. The maximum absolute atomic E-state index is 12.3. The number of amides is 1. The monoisotopic (exact) mass is 333 g/mol. The summed E-state index contributed by atoms with van der Waals surface area (Å²) in [6.07, 6.45) is 1.80. The highest BCUT2D eigenvalue weighted by Crippen LogP contribution is 2.19. The zero-order chi connectivity index (χ0) is 17.5. The molecule has 2 aromatic rings. The minimum Gasteiger partial charge on any atom is -0.352 e. The van der Waals surface area contributed by atoms with E-state index >= 15 is 0 Å². The van der Waals surface area contributed by atoms with Crippen molar-refractivity contribution >= 4 is 5.91 Å². The molecule has 25 heavy (non-hydrogen) atoms. The summed E-state index contributed by atoms with van der Waals surface area (Å²) < 4.78 is 0. The third-order valence-corrected chi connectivity index (χ3v) is 4.76. The van der Waals surface area contributed by atoms with E-state index in [9.17, 15) is 4.79 Å². The second kappa shape index (κ2) is 8.46. The number of likely N-dealkylation sites (tertiary alicyclic amines) is 1. The second-order valence-electron chi connectivity index (χ2n) is 6.56. The van der Waals surface area contributed by atoms with Crippen LogP contribution in [0.3, 0.4) is 0 Å². The summed E-state index contributed by atoms with van der Waals surface area (Å²) in [5.41, 5.74) is 3.04. The van der Waals surface area contributed by atoms with Crippen molar-refractivity contribution in [2.24, 2.45) is 5.92 Å². The molecule has 0 aliphatic carbocycles. The van der Waals surface area contributed by atoms with Crippen LogP contribution in [0, 0.1) is 17.2 Å². The Bertz CT molecular complexity index is 726. The van der Waals surface area contributed by atoms with Gasteiger partial charge in [-0.25, -0.2) is 0 Å². The summed E-state index contributed by atoms with van der Waals surface area (Å²) in [6.45, 7) is 3.35. The number of hydrogen-bond donors (Lipinski definition) is 1. The molecule has 2 aromatic carbocycles. The van der Waals surface area contributed by atoms with E-state index in [1.54, 1.807) is 0 Å². The van der Waals surface area contributed by atoms with Gasteiger partial charge in [-0.15, -0.1) is 0 Å². The van der Waals surface area contributed by atoms with Gasteiger partial charge in [0.05, 0.1) is 11.6 Å². The van der Waals surface area contributed by atoms with E-state index in [1.165, 1.54) is 5.56 Å². The SMILES string of the molecule is N#Cc1ccc(CN2CCC(C(=O)NCc3ccccc3)CC2)cc1. The van der Waals surface area contributed by atoms with Crippen LogP contribution in [0.1, 0.15) is 29.5 Å². The van der Waals surface area contributed by atoms with E-state index in [0.717, 1.165) is 38.0 Å². The van der Waals surface area contributed by atoms with Gasteiger partial charge in [0, 0.05) is 19.0 Å². The Labute approximate surface area is 149 Å². The van der Waals surface area contributed by atoms with Crippen LogP contribution >= 0.6 is 0 Å². The summed E-state index contributed by atoms with van der Waals surface area (Å²) >= 11 is 0. The molecule has 3 rings (SSSR count). The van der Waals surface area contributed by atoms with Crippen molar-refractivity contribution in [1.29, 1.82) is 5.26 Å². The maximum Gasteiger partial charge on any atom is 0.223 e. The van der Waals surface area contributed by atoms with Crippen molar-refractivity contribution in [3.05, 3.63) is 71.3 Å². The van der Waals surface area contributed by atoms with Crippen LogP contribution in [-0.4, -0.2) is 23.9 Å². The van der Waals surface area contributed by atoms with Crippen molar-refractivity contribution in [1.82, 2.24) is 10.2 Å². The summed E-state index contributed by atoms with van der Waals surface area (Å²) in [6, 6.07) is 19.9. The number of rotatable bonds is 5. The molecule has 0 radical (unpaired) electrons. The van der Waals surface area contributed by atoms with Crippen molar-refractivity contribution in [3.63, 3.8) is 0 Å². The van der Waals surface area contributed by atoms with Crippen LogP contribution in [0.15, 0.2) is 54.6 Å². The van der Waals surface area contributed by atoms with Gasteiger partial charge < -0.3 is 5.32 Å². The first-order valence-corrected chi connectivity index (χ1v) is 8.77. The summed E-state index contributed by atoms with van der Waals surface area (Å²) in [4.78, 5) is 14.7. The van der Waals surface area contributed by atoms with E-state index in [0.29, 0.717) is 12.1 Å². The molecule has 1 heterocycles. The number of benzene rings is 2. The molecule has 1 fully saturated rings. The summed E-state index contributed by atoms with van der Waals surface area (Å²) in [5, 5.41) is 11.9. The quantitative estimate of drug-likeness (QED) is 0.915. The maximum atomic E-state index is 12.3. The molecular weight excluding hydrogens is 310 g/mol. The van der Waals surface area contributed by atoms with E-state index in [1.807, 2.05) is 54.6 Å². The van der Waals surface area contributed by atoms with Crippen molar-refractivity contribution in [2.75, 3.05) is 13.1 Å². The van der Waals surface area contributed by atoms with Crippen molar-refractivity contribution in [3.8, 4) is 6.07 Å². The van der Waals surface area contributed by atoms with Crippen LogP contribution in [-0.2, 0) is 17.9 Å². The normalized spacial score (nSPS) is 15.5. The average Bonchev–Trinajstić information content (AvgIpc) is 2.68. The highest BCUT2D eigenvalue weighted by molar-refractivity contribution is 5.78. The number of carbonyl (C=O) groups is 1. The Balaban J connectivity index is 1.43. The zero-order valence-electron chi connectivity index (χ0n) is 14.3. The highest BCUT2D eigenvalue weighted by Gasteiger charge is 2.24. The first-order valence-electron chi connectivity index (χ1n) is 8.77. The Kier molecular flexibility index (Phi) is 5.81. The number of nitrogens with one attached hydrogen (secondary N) is 1. The largest absolute Gasteiger partial charge is 0.352 e. The Morgan fingerprint density at radius 1 is 1.04 bits per heavy atom. The zero-order valence-corrected chi connectivity index (χ0v) is 14.3. The number of nitriles is 1. The third-order valence-electron chi connectivity index (χ3n) is 4.76. The number of piperidine rings is 1. The summed E-state index contributed by atoms with van der Waals surface area (Å²) in [5.74, 6) is 0.280. The van der Waals surface area contributed by atoms with Gasteiger partial charge >= 0.3 is 0 Å². The lowest BCUT2D eigenvalue weighted by Gasteiger charge is -2.31. The van der Waals surface area contributed by atoms with Gasteiger partial charge in [0.25, 0.3) is 0 Å². The van der Waals surface area contributed by atoms with Crippen LogP contribution in [0.5, 0.6) is 0 Å². The van der Waals surface area contributed by atoms with Gasteiger partial charge in [-0.05, 0) is 49.2 Å². The molecule has 1 aliphatic rings. The standard InChI is InChI=1S/C21H23N3O/c22-14-17-6-8-19(9-7-17)16-24-12-10-20(11-13-24)21(25)23-15-18-4-2-1-3-5-18/h1-9,20H,10-13,15-16H2,(H,23,25). The van der Waals surface area contributed by atoms with E-state index in [4.69, 9.17) is 5.26 Å². The van der Waals surface area contributed by atoms with Gasteiger partial charge in [-0.3, -0.25) is 9.69 Å². The minimum atomic E-state index is 0.112. The Morgan fingerprint density at radius 2 is 1.72 bits per heavy atom. The molecular formula is C21H23N3O. The highest BCUT2D eigenvalue weighted by atomic mass is 16.1. The predicted octanol–water partition coefficient (Wildman–Crippen LogP) is 3.09. The fourth-order valence-corrected chi connectivity index (χ4v) is 3.23. The average molecular weight is 333 g/mol. The predicted molar refractivity (Wildman–Crippen MR) is 97.4 cm³/mol. The van der Waals surface area contributed by atoms with E-state index < -0.39 is 0 Å². The molecule has 0 atom stereocenters. The van der Waals surface area contributed by atoms with Crippen molar-refractivity contribution < 1.29 is 4.79 Å². The smallest absolute Gasteiger partial charge is 0.223 e. The third kappa shape index (κ3) is 4.91. The van der Waals surface area contributed by atoms with Crippen LogP contribution < -0.4 is 5.32 Å². The Hall–Kier alpha value is -2.64. The fourth-order valence-electron chi connectivity index (χ4n) is 3.23. The molecule has 128 valence electrons. The Morgan fingerprint density at radius 3 is 2.36 bits per heavy atom. The van der Waals surface area contributed by atoms with Crippen molar-refractivity contribution in [2.45, 2.75) is 25.9 Å². The molecule has 1 aliphatic heterocycles. The first-order chi connectivity index (χ1) is 12.2. The van der Waals surface area contributed by atoms with E-state index in [2.05, 4.69) is 16.3 Å². The number of hydrogen-bond acceptors (Lipinski definition) is 3. The molecule has 0 aromatic heterocycles. The molecule has 1 N–H and O–H groups in total. The molecule has 0 spiro atoms. The molecule has 0 bridgehead atoms. The lowest BCUT2D eigenvalue weighted by molar-refractivity contribution is -0.126. The number of nitrogens with zero attached hydrogens (tertiary/aromatic N) is 2. The van der Waals surface area contributed by atoms with Crippen LogP contribution in [0.25, 0.3) is 0 Å². The molecule has 1 saturated heterocycles. The van der Waals surface area contributed by atoms with Gasteiger partial charge in [-0.1, -0.05) is 42.5 Å². The molecule has 4 heteroatoms. The van der Waals surface area contributed by atoms with Gasteiger partial charge in [0.15, 0.2) is 0 Å². The minimum absolute atomic E-state index is 0.112. The molecule has 0 unspecified atom stereocenters.